The lowest BCUT2D eigenvalue weighted by atomic mass is 10.0. The first kappa shape index (κ1) is 20.7. The van der Waals surface area contributed by atoms with E-state index in [4.69, 9.17) is 25.5 Å². The van der Waals surface area contributed by atoms with Crippen LogP contribution >= 0.6 is 11.6 Å². The Labute approximate surface area is 172 Å². The highest BCUT2D eigenvalue weighted by Crippen LogP contribution is 2.33. The molecule has 0 spiro atoms. The average molecular weight is 418 g/mol. The van der Waals surface area contributed by atoms with Gasteiger partial charge in [0.25, 0.3) is 5.69 Å². The standard InChI is InChI=1S/C21H20ClNO6/c1-3-4-5-13-9-21(24)29-19-11-20(17(22)10-16(13)19)28-12-14-8-15(23(25)26)6-7-18(14)27-2/h6-11H,3-5,12H2,1-2H3. The fourth-order valence-electron chi connectivity index (χ4n) is 3.06. The number of nitrogens with zero attached hydrogens (tertiary/aromatic N) is 1. The van der Waals surface area contributed by atoms with Gasteiger partial charge in [-0.3, -0.25) is 10.1 Å². The third-order valence-electron chi connectivity index (χ3n) is 4.54. The van der Waals surface area contributed by atoms with Crippen molar-refractivity contribution in [2.75, 3.05) is 7.11 Å². The van der Waals surface area contributed by atoms with Crippen molar-refractivity contribution in [1.82, 2.24) is 0 Å². The molecular formula is C21H20ClNO6. The van der Waals surface area contributed by atoms with E-state index in [1.165, 1.54) is 31.4 Å². The molecule has 3 aromatic rings. The molecule has 0 amide bonds. The number of methoxy groups -OCH3 is 1. The Morgan fingerprint density at radius 1 is 1.14 bits per heavy atom. The number of rotatable bonds is 8. The lowest BCUT2D eigenvalue weighted by molar-refractivity contribution is -0.385. The first-order valence-electron chi connectivity index (χ1n) is 9.13. The third kappa shape index (κ3) is 4.68. The maximum absolute atomic E-state index is 11.9. The highest BCUT2D eigenvalue weighted by molar-refractivity contribution is 6.32. The normalized spacial score (nSPS) is 10.9. The molecule has 0 aliphatic carbocycles. The number of aryl methyl sites for hydroxylation is 1. The molecule has 0 saturated carbocycles. The highest BCUT2D eigenvalue weighted by Gasteiger charge is 2.15. The van der Waals surface area contributed by atoms with Crippen LogP contribution in [0, 0.1) is 10.1 Å². The molecule has 29 heavy (non-hydrogen) atoms. The summed E-state index contributed by atoms with van der Waals surface area (Å²) in [5.74, 6) is 0.768. The zero-order valence-corrected chi connectivity index (χ0v) is 16.8. The van der Waals surface area contributed by atoms with Gasteiger partial charge in [0.05, 0.1) is 17.1 Å². The molecule has 8 heteroatoms. The molecule has 2 aromatic carbocycles. The van der Waals surface area contributed by atoms with E-state index in [0.29, 0.717) is 27.7 Å². The number of hydrogen-bond acceptors (Lipinski definition) is 6. The van der Waals surface area contributed by atoms with Gasteiger partial charge in [-0.05, 0) is 30.5 Å². The highest BCUT2D eigenvalue weighted by atomic mass is 35.5. The van der Waals surface area contributed by atoms with Gasteiger partial charge < -0.3 is 13.9 Å². The molecule has 0 unspecified atom stereocenters. The first-order valence-corrected chi connectivity index (χ1v) is 9.51. The van der Waals surface area contributed by atoms with E-state index >= 15 is 0 Å². The van der Waals surface area contributed by atoms with Crippen LogP contribution in [0.5, 0.6) is 11.5 Å². The largest absolute Gasteiger partial charge is 0.496 e. The Kier molecular flexibility index (Phi) is 6.39. The van der Waals surface area contributed by atoms with Gasteiger partial charge in [-0.2, -0.15) is 0 Å². The van der Waals surface area contributed by atoms with Crippen molar-refractivity contribution >= 4 is 28.3 Å². The van der Waals surface area contributed by atoms with Gasteiger partial charge in [0, 0.05) is 35.2 Å². The van der Waals surface area contributed by atoms with Gasteiger partial charge in [0.2, 0.25) is 0 Å². The maximum atomic E-state index is 11.9. The lowest BCUT2D eigenvalue weighted by Crippen LogP contribution is -2.03. The van der Waals surface area contributed by atoms with Crippen LogP contribution in [-0.2, 0) is 13.0 Å². The van der Waals surface area contributed by atoms with Crippen LogP contribution in [0.2, 0.25) is 5.02 Å². The van der Waals surface area contributed by atoms with Crippen LogP contribution in [0.25, 0.3) is 11.0 Å². The molecular weight excluding hydrogens is 398 g/mol. The monoisotopic (exact) mass is 417 g/mol. The molecule has 152 valence electrons. The molecule has 0 saturated heterocycles. The lowest BCUT2D eigenvalue weighted by Gasteiger charge is -2.13. The summed E-state index contributed by atoms with van der Waals surface area (Å²) in [4.78, 5) is 22.4. The summed E-state index contributed by atoms with van der Waals surface area (Å²) >= 11 is 6.39. The number of fused-ring (bicyclic) bond motifs is 1. The molecule has 3 rings (SSSR count). The molecule has 1 aromatic heterocycles. The second kappa shape index (κ2) is 8.96. The van der Waals surface area contributed by atoms with Gasteiger partial charge in [-0.15, -0.1) is 0 Å². The van der Waals surface area contributed by atoms with Gasteiger partial charge in [-0.1, -0.05) is 24.9 Å². The molecule has 0 atom stereocenters. The van der Waals surface area contributed by atoms with Crippen molar-refractivity contribution < 1.29 is 18.8 Å². The van der Waals surface area contributed by atoms with Crippen molar-refractivity contribution in [3.05, 3.63) is 73.1 Å². The number of non-ortho nitro benzene ring substituents is 1. The Hall–Kier alpha value is -3.06. The second-order valence-corrected chi connectivity index (χ2v) is 6.92. The van der Waals surface area contributed by atoms with Gasteiger partial charge in [0.1, 0.15) is 23.7 Å². The Morgan fingerprint density at radius 2 is 1.93 bits per heavy atom. The summed E-state index contributed by atoms with van der Waals surface area (Å²) in [6, 6.07) is 9.03. The van der Waals surface area contributed by atoms with E-state index in [2.05, 4.69) is 6.92 Å². The van der Waals surface area contributed by atoms with Crippen LogP contribution in [0.15, 0.2) is 45.6 Å². The van der Waals surface area contributed by atoms with Crippen LogP contribution in [0.4, 0.5) is 5.69 Å². The van der Waals surface area contributed by atoms with Crippen LogP contribution in [0.3, 0.4) is 0 Å². The molecule has 0 N–H and O–H groups in total. The van der Waals surface area contributed by atoms with Crippen LogP contribution < -0.4 is 15.1 Å². The Bertz CT molecular complexity index is 1110. The quantitative estimate of drug-likeness (QED) is 0.281. The molecule has 0 fully saturated rings. The number of ether oxygens (including phenoxy) is 2. The Morgan fingerprint density at radius 3 is 2.62 bits per heavy atom. The van der Waals surface area contributed by atoms with Crippen molar-refractivity contribution in [2.45, 2.75) is 32.8 Å². The number of benzene rings is 2. The summed E-state index contributed by atoms with van der Waals surface area (Å²) < 4.78 is 16.3. The minimum absolute atomic E-state index is 0.00413. The van der Waals surface area contributed by atoms with Crippen molar-refractivity contribution in [3.8, 4) is 11.5 Å². The molecule has 0 radical (unpaired) electrons. The SMILES string of the molecule is CCCCc1cc(=O)oc2cc(OCc3cc([N+](=O)[O-])ccc3OC)c(Cl)cc12. The van der Waals surface area contributed by atoms with Gasteiger partial charge >= 0.3 is 5.63 Å². The van der Waals surface area contributed by atoms with Crippen molar-refractivity contribution in [1.29, 1.82) is 0 Å². The predicted octanol–water partition coefficient (Wildman–Crippen LogP) is 5.28. The third-order valence-corrected chi connectivity index (χ3v) is 4.84. The summed E-state index contributed by atoms with van der Waals surface area (Å²) in [5.41, 5.74) is 1.26. The summed E-state index contributed by atoms with van der Waals surface area (Å²) in [5, 5.41) is 12.1. The smallest absolute Gasteiger partial charge is 0.336 e. The van der Waals surface area contributed by atoms with Gasteiger partial charge in [-0.25, -0.2) is 4.79 Å². The number of halogens is 1. The molecule has 1 heterocycles. The number of unbranched alkanes of at least 4 members (excludes halogenated alkanes) is 1. The Balaban J connectivity index is 1.93. The fourth-order valence-corrected chi connectivity index (χ4v) is 3.28. The number of nitro benzene ring substituents is 1. The van der Waals surface area contributed by atoms with E-state index in [9.17, 15) is 14.9 Å². The van der Waals surface area contributed by atoms with Crippen LogP contribution in [0.1, 0.15) is 30.9 Å². The van der Waals surface area contributed by atoms with E-state index in [-0.39, 0.29) is 12.3 Å². The van der Waals surface area contributed by atoms with E-state index in [1.807, 2.05) is 0 Å². The summed E-state index contributed by atoms with van der Waals surface area (Å²) in [6.45, 7) is 2.07. The molecule has 0 bridgehead atoms. The summed E-state index contributed by atoms with van der Waals surface area (Å²) in [7, 11) is 1.47. The molecule has 0 aliphatic rings. The van der Waals surface area contributed by atoms with E-state index in [1.54, 1.807) is 12.1 Å². The van der Waals surface area contributed by atoms with E-state index in [0.717, 1.165) is 30.2 Å². The first-order chi connectivity index (χ1) is 13.9. The zero-order valence-electron chi connectivity index (χ0n) is 16.1. The van der Waals surface area contributed by atoms with Gasteiger partial charge in [0.15, 0.2) is 0 Å². The van der Waals surface area contributed by atoms with Crippen molar-refractivity contribution in [2.24, 2.45) is 0 Å². The minimum Gasteiger partial charge on any atom is -0.496 e. The minimum atomic E-state index is -0.488. The maximum Gasteiger partial charge on any atom is 0.336 e. The number of nitro groups is 1. The zero-order chi connectivity index (χ0) is 21.0. The second-order valence-electron chi connectivity index (χ2n) is 6.51. The molecule has 7 nitrogen and oxygen atoms in total. The predicted molar refractivity (Wildman–Crippen MR) is 110 cm³/mol. The fraction of sp³-hybridized carbons (Fsp3) is 0.286. The molecule has 0 aliphatic heterocycles. The summed E-state index contributed by atoms with van der Waals surface area (Å²) in [6.07, 6.45) is 2.70. The number of hydrogen-bond donors (Lipinski definition) is 0. The van der Waals surface area contributed by atoms with Crippen molar-refractivity contribution in [3.63, 3.8) is 0 Å². The average Bonchev–Trinajstić information content (AvgIpc) is 2.70. The topological polar surface area (TPSA) is 91.8 Å². The van der Waals surface area contributed by atoms with Crippen LogP contribution in [-0.4, -0.2) is 12.0 Å². The van der Waals surface area contributed by atoms with E-state index < -0.39 is 10.5 Å².